The van der Waals surface area contributed by atoms with Crippen molar-refractivity contribution in [2.24, 2.45) is 0 Å². The number of ether oxygens (including phenoxy) is 1. The SMILES string of the molecule is CN1C[C@@H](COc2cccnc2)N(C(=O)c2ccccc2)[C@@H](Cc2ccccc2)C1=O. The summed E-state index contributed by atoms with van der Waals surface area (Å²) >= 11 is 0. The van der Waals surface area contributed by atoms with Crippen LogP contribution in [0.15, 0.2) is 85.2 Å². The van der Waals surface area contributed by atoms with Crippen molar-refractivity contribution >= 4 is 11.8 Å². The van der Waals surface area contributed by atoms with Gasteiger partial charge < -0.3 is 14.5 Å². The molecule has 2 amide bonds. The summed E-state index contributed by atoms with van der Waals surface area (Å²) in [7, 11) is 1.78. The largest absolute Gasteiger partial charge is 0.490 e. The molecule has 31 heavy (non-hydrogen) atoms. The lowest BCUT2D eigenvalue weighted by Gasteiger charge is -2.45. The van der Waals surface area contributed by atoms with Crippen LogP contribution in [0.1, 0.15) is 15.9 Å². The van der Waals surface area contributed by atoms with Gasteiger partial charge in [-0.2, -0.15) is 0 Å². The molecule has 1 aliphatic rings. The first-order chi connectivity index (χ1) is 15.1. The Hall–Kier alpha value is -3.67. The van der Waals surface area contributed by atoms with Gasteiger partial charge in [0.05, 0.1) is 12.2 Å². The van der Waals surface area contributed by atoms with Crippen molar-refractivity contribution in [3.8, 4) is 5.75 Å². The van der Waals surface area contributed by atoms with E-state index >= 15 is 0 Å². The number of benzene rings is 2. The molecule has 2 heterocycles. The molecule has 1 aliphatic heterocycles. The second kappa shape index (κ2) is 9.43. The Bertz CT molecular complexity index is 1010. The predicted molar refractivity (Wildman–Crippen MR) is 118 cm³/mol. The van der Waals surface area contributed by atoms with Crippen LogP contribution in [-0.4, -0.2) is 58.9 Å². The molecule has 0 spiro atoms. The summed E-state index contributed by atoms with van der Waals surface area (Å²) in [6, 6.07) is 21.6. The van der Waals surface area contributed by atoms with Crippen LogP contribution in [0, 0.1) is 0 Å². The number of hydrogen-bond acceptors (Lipinski definition) is 4. The van der Waals surface area contributed by atoms with Crippen molar-refractivity contribution in [1.82, 2.24) is 14.8 Å². The third kappa shape index (κ3) is 4.74. The fourth-order valence-corrected chi connectivity index (χ4v) is 3.94. The summed E-state index contributed by atoms with van der Waals surface area (Å²) in [5.41, 5.74) is 1.57. The summed E-state index contributed by atoms with van der Waals surface area (Å²) < 4.78 is 5.95. The molecule has 0 saturated carbocycles. The van der Waals surface area contributed by atoms with E-state index in [1.807, 2.05) is 54.6 Å². The van der Waals surface area contributed by atoms with E-state index in [0.717, 1.165) is 5.56 Å². The molecular formula is C25H25N3O3. The minimum atomic E-state index is -0.601. The topological polar surface area (TPSA) is 62.7 Å². The first kappa shape index (κ1) is 20.6. The average molecular weight is 415 g/mol. The minimum absolute atomic E-state index is 0.0641. The molecule has 2 atom stereocenters. The van der Waals surface area contributed by atoms with Gasteiger partial charge in [0.15, 0.2) is 0 Å². The van der Waals surface area contributed by atoms with Gasteiger partial charge in [0.25, 0.3) is 5.91 Å². The number of carbonyl (C=O) groups is 2. The van der Waals surface area contributed by atoms with Gasteiger partial charge >= 0.3 is 0 Å². The molecule has 1 fully saturated rings. The third-order valence-electron chi connectivity index (χ3n) is 5.48. The first-order valence-electron chi connectivity index (χ1n) is 10.3. The third-order valence-corrected chi connectivity index (χ3v) is 5.48. The second-order valence-corrected chi connectivity index (χ2v) is 7.66. The molecule has 6 heteroatoms. The van der Waals surface area contributed by atoms with E-state index in [2.05, 4.69) is 4.98 Å². The van der Waals surface area contributed by atoms with Gasteiger partial charge in [-0.05, 0) is 29.8 Å². The average Bonchev–Trinajstić information content (AvgIpc) is 2.82. The summed E-state index contributed by atoms with van der Waals surface area (Å²) in [6.07, 6.45) is 3.77. The molecule has 0 aliphatic carbocycles. The van der Waals surface area contributed by atoms with E-state index in [0.29, 0.717) is 24.3 Å². The van der Waals surface area contributed by atoms with E-state index in [1.165, 1.54) is 0 Å². The molecule has 0 bridgehead atoms. The Morgan fingerprint density at radius 3 is 2.42 bits per heavy atom. The Labute approximate surface area is 182 Å². The maximum Gasteiger partial charge on any atom is 0.254 e. The molecule has 158 valence electrons. The van der Waals surface area contributed by atoms with Crippen molar-refractivity contribution in [2.75, 3.05) is 20.2 Å². The molecule has 1 saturated heterocycles. The summed E-state index contributed by atoms with van der Waals surface area (Å²) in [5.74, 6) is 0.405. The number of likely N-dealkylation sites (N-methyl/N-ethyl adjacent to an activating group) is 1. The van der Waals surface area contributed by atoms with E-state index in [9.17, 15) is 9.59 Å². The second-order valence-electron chi connectivity index (χ2n) is 7.66. The molecular weight excluding hydrogens is 390 g/mol. The Morgan fingerprint density at radius 2 is 1.74 bits per heavy atom. The molecule has 1 aromatic heterocycles. The Balaban J connectivity index is 1.65. The maximum absolute atomic E-state index is 13.6. The van der Waals surface area contributed by atoms with Crippen LogP contribution >= 0.6 is 0 Å². The summed E-state index contributed by atoms with van der Waals surface area (Å²) in [6.45, 7) is 0.677. The smallest absolute Gasteiger partial charge is 0.254 e. The number of hydrogen-bond donors (Lipinski definition) is 0. The lowest BCUT2D eigenvalue weighted by Crippen LogP contribution is -2.64. The Morgan fingerprint density at radius 1 is 1.03 bits per heavy atom. The molecule has 4 rings (SSSR count). The Kier molecular flexibility index (Phi) is 6.26. The molecule has 2 aromatic carbocycles. The predicted octanol–water partition coefficient (Wildman–Crippen LogP) is 3.05. The maximum atomic E-state index is 13.6. The van der Waals surface area contributed by atoms with E-state index in [1.54, 1.807) is 47.4 Å². The quantitative estimate of drug-likeness (QED) is 0.621. The number of amides is 2. The number of nitrogens with zero attached hydrogens (tertiary/aromatic N) is 3. The van der Waals surface area contributed by atoms with Gasteiger partial charge in [0, 0.05) is 31.8 Å². The van der Waals surface area contributed by atoms with Gasteiger partial charge in [-0.3, -0.25) is 14.6 Å². The normalized spacial score (nSPS) is 18.7. The molecule has 0 N–H and O–H groups in total. The standard InChI is InChI=1S/C25H25N3O3/c1-27-17-21(18-31-22-13-8-14-26-16-22)28(24(29)20-11-6-3-7-12-20)23(25(27)30)15-19-9-4-2-5-10-19/h2-14,16,21,23H,15,17-18H2,1H3/t21-,23-/m0/s1. The highest BCUT2D eigenvalue weighted by Crippen LogP contribution is 2.24. The highest BCUT2D eigenvalue weighted by molar-refractivity contribution is 5.98. The van der Waals surface area contributed by atoms with Crippen molar-refractivity contribution in [3.63, 3.8) is 0 Å². The minimum Gasteiger partial charge on any atom is -0.490 e. The first-order valence-corrected chi connectivity index (χ1v) is 10.3. The fraction of sp³-hybridized carbons (Fsp3) is 0.240. The van der Waals surface area contributed by atoms with Crippen molar-refractivity contribution < 1.29 is 14.3 Å². The monoisotopic (exact) mass is 415 g/mol. The number of aromatic nitrogens is 1. The molecule has 0 radical (unpaired) electrons. The zero-order valence-electron chi connectivity index (χ0n) is 17.4. The molecule has 0 unspecified atom stereocenters. The van der Waals surface area contributed by atoms with Gasteiger partial charge in [-0.1, -0.05) is 48.5 Å². The van der Waals surface area contributed by atoms with Crippen molar-refractivity contribution in [2.45, 2.75) is 18.5 Å². The number of piperazine rings is 1. The highest BCUT2D eigenvalue weighted by Gasteiger charge is 2.42. The summed E-state index contributed by atoms with van der Waals surface area (Å²) in [5, 5.41) is 0. The van der Waals surface area contributed by atoms with Crippen molar-refractivity contribution in [3.05, 3.63) is 96.3 Å². The van der Waals surface area contributed by atoms with Crippen LogP contribution in [0.5, 0.6) is 5.75 Å². The molecule has 6 nitrogen and oxygen atoms in total. The number of carbonyl (C=O) groups excluding carboxylic acids is 2. The highest BCUT2D eigenvalue weighted by atomic mass is 16.5. The van der Waals surface area contributed by atoms with Crippen LogP contribution in [0.4, 0.5) is 0 Å². The van der Waals surface area contributed by atoms with Crippen LogP contribution in [0.2, 0.25) is 0 Å². The lowest BCUT2D eigenvalue weighted by atomic mass is 9.97. The molecule has 3 aromatic rings. The van der Waals surface area contributed by atoms with Gasteiger partial charge in [0.2, 0.25) is 5.91 Å². The van der Waals surface area contributed by atoms with Crippen molar-refractivity contribution in [1.29, 1.82) is 0 Å². The zero-order chi connectivity index (χ0) is 21.6. The fourth-order valence-electron chi connectivity index (χ4n) is 3.94. The zero-order valence-corrected chi connectivity index (χ0v) is 17.4. The van der Waals surface area contributed by atoms with Crippen LogP contribution in [0.3, 0.4) is 0 Å². The van der Waals surface area contributed by atoms with E-state index < -0.39 is 6.04 Å². The number of rotatable bonds is 6. The van der Waals surface area contributed by atoms with E-state index in [4.69, 9.17) is 4.74 Å². The van der Waals surface area contributed by atoms with Gasteiger partial charge in [-0.15, -0.1) is 0 Å². The van der Waals surface area contributed by atoms with Gasteiger partial charge in [-0.25, -0.2) is 0 Å². The number of pyridine rings is 1. The van der Waals surface area contributed by atoms with Gasteiger partial charge in [0.1, 0.15) is 18.4 Å². The summed E-state index contributed by atoms with van der Waals surface area (Å²) in [4.78, 5) is 34.2. The lowest BCUT2D eigenvalue weighted by molar-refractivity contribution is -0.141. The van der Waals surface area contributed by atoms with Crippen LogP contribution in [-0.2, 0) is 11.2 Å². The van der Waals surface area contributed by atoms with E-state index in [-0.39, 0.29) is 24.5 Å². The van der Waals surface area contributed by atoms with Crippen LogP contribution in [0.25, 0.3) is 0 Å². The van der Waals surface area contributed by atoms with Crippen LogP contribution < -0.4 is 4.74 Å².